The number of methoxy groups -OCH3 is 1. The van der Waals surface area contributed by atoms with E-state index in [2.05, 4.69) is 25.3 Å². The summed E-state index contributed by atoms with van der Waals surface area (Å²) in [4.78, 5) is 7.94. The second-order valence-corrected chi connectivity index (χ2v) is 2.85. The van der Waals surface area contributed by atoms with Crippen LogP contribution in [0, 0.1) is 0 Å². The molecule has 2 aromatic rings. The first-order chi connectivity index (χ1) is 7.31. The molecule has 2 rings (SSSR count). The maximum atomic E-state index is 5.70. The molecule has 0 fully saturated rings. The molecular formula is C7H10N6O2. The lowest BCUT2D eigenvalue weighted by molar-refractivity contribution is 0.166. The molecule has 0 amide bonds. The number of rotatable bonds is 4. The van der Waals surface area contributed by atoms with Crippen LogP contribution in [0.4, 0.5) is 0 Å². The molecule has 15 heavy (non-hydrogen) atoms. The van der Waals surface area contributed by atoms with E-state index in [9.17, 15) is 0 Å². The second kappa shape index (κ2) is 4.15. The SMILES string of the molecule is COCC(N)c1nc(-c2ncn[nH]2)no1. The first-order valence-electron chi connectivity index (χ1n) is 4.25. The fraction of sp³-hybridized carbons (Fsp3) is 0.429. The number of nitrogens with two attached hydrogens (primary N) is 1. The predicted octanol–water partition coefficient (Wildman–Crippen LogP) is -0.499. The first kappa shape index (κ1) is 9.74. The van der Waals surface area contributed by atoms with E-state index in [1.807, 2.05) is 0 Å². The number of ether oxygens (including phenoxy) is 1. The zero-order valence-electron chi connectivity index (χ0n) is 8.04. The summed E-state index contributed by atoms with van der Waals surface area (Å²) in [6.45, 7) is 0.317. The standard InChI is InChI=1S/C7H10N6O2/c1-14-2-4(8)7-11-6(13-15-7)5-9-3-10-12-5/h3-4H,2,8H2,1H3,(H,9,10,12). The van der Waals surface area contributed by atoms with Crippen molar-refractivity contribution in [1.82, 2.24) is 25.3 Å². The Hall–Kier alpha value is -1.80. The normalized spacial score (nSPS) is 12.9. The van der Waals surface area contributed by atoms with Gasteiger partial charge in [0.2, 0.25) is 11.7 Å². The van der Waals surface area contributed by atoms with Gasteiger partial charge in [0.25, 0.3) is 0 Å². The highest BCUT2D eigenvalue weighted by atomic mass is 16.5. The summed E-state index contributed by atoms with van der Waals surface area (Å²) in [6.07, 6.45) is 1.36. The summed E-state index contributed by atoms with van der Waals surface area (Å²) < 4.78 is 9.82. The number of hydrogen-bond acceptors (Lipinski definition) is 7. The van der Waals surface area contributed by atoms with E-state index in [0.717, 1.165) is 0 Å². The minimum absolute atomic E-state index is 0.309. The van der Waals surface area contributed by atoms with Gasteiger partial charge >= 0.3 is 0 Å². The monoisotopic (exact) mass is 210 g/mol. The van der Waals surface area contributed by atoms with Crippen LogP contribution in [0.25, 0.3) is 11.6 Å². The number of H-pyrrole nitrogens is 1. The van der Waals surface area contributed by atoms with Gasteiger partial charge in [-0.1, -0.05) is 5.16 Å². The maximum absolute atomic E-state index is 5.70. The van der Waals surface area contributed by atoms with E-state index in [1.54, 1.807) is 7.11 Å². The van der Waals surface area contributed by atoms with Gasteiger partial charge in [-0.3, -0.25) is 5.10 Å². The van der Waals surface area contributed by atoms with Crippen molar-refractivity contribution in [3.63, 3.8) is 0 Å². The molecule has 0 spiro atoms. The van der Waals surface area contributed by atoms with E-state index in [0.29, 0.717) is 24.1 Å². The largest absolute Gasteiger partial charge is 0.383 e. The molecule has 0 radical (unpaired) electrons. The van der Waals surface area contributed by atoms with Gasteiger partial charge in [0.05, 0.1) is 6.61 Å². The van der Waals surface area contributed by atoms with Crippen LogP contribution in [-0.4, -0.2) is 39.0 Å². The molecule has 0 bridgehead atoms. The van der Waals surface area contributed by atoms with Crippen LogP contribution in [-0.2, 0) is 4.74 Å². The Morgan fingerprint density at radius 2 is 2.53 bits per heavy atom. The van der Waals surface area contributed by atoms with Gasteiger partial charge in [-0.2, -0.15) is 10.1 Å². The van der Waals surface area contributed by atoms with Crippen molar-refractivity contribution in [1.29, 1.82) is 0 Å². The molecule has 8 nitrogen and oxygen atoms in total. The van der Waals surface area contributed by atoms with Gasteiger partial charge in [0.15, 0.2) is 5.82 Å². The minimum atomic E-state index is -0.431. The lowest BCUT2D eigenvalue weighted by Crippen LogP contribution is -2.16. The van der Waals surface area contributed by atoms with Crippen LogP contribution < -0.4 is 5.73 Å². The van der Waals surface area contributed by atoms with Crippen LogP contribution >= 0.6 is 0 Å². The van der Waals surface area contributed by atoms with E-state index < -0.39 is 6.04 Å². The number of nitrogens with one attached hydrogen (secondary N) is 1. The number of aromatic amines is 1. The predicted molar refractivity (Wildman–Crippen MR) is 48.5 cm³/mol. The fourth-order valence-corrected chi connectivity index (χ4v) is 1.05. The van der Waals surface area contributed by atoms with Crippen molar-refractivity contribution in [2.24, 2.45) is 5.73 Å². The van der Waals surface area contributed by atoms with E-state index in [-0.39, 0.29) is 0 Å². The number of hydrogen-bond donors (Lipinski definition) is 2. The van der Waals surface area contributed by atoms with Gasteiger partial charge in [0, 0.05) is 7.11 Å². The van der Waals surface area contributed by atoms with Crippen molar-refractivity contribution in [3.8, 4) is 11.6 Å². The third kappa shape index (κ3) is 2.00. The highest BCUT2D eigenvalue weighted by Crippen LogP contribution is 2.13. The summed E-state index contributed by atoms with van der Waals surface area (Å²) in [6, 6.07) is -0.431. The summed E-state index contributed by atoms with van der Waals surface area (Å²) in [5, 5.41) is 10.0. The smallest absolute Gasteiger partial charge is 0.246 e. The quantitative estimate of drug-likeness (QED) is 0.698. The van der Waals surface area contributed by atoms with Gasteiger partial charge in [0.1, 0.15) is 12.4 Å². The van der Waals surface area contributed by atoms with Crippen molar-refractivity contribution < 1.29 is 9.26 Å². The Balaban J connectivity index is 2.17. The fourth-order valence-electron chi connectivity index (χ4n) is 1.05. The highest BCUT2D eigenvalue weighted by molar-refractivity contribution is 5.39. The van der Waals surface area contributed by atoms with Gasteiger partial charge in [-0.25, -0.2) is 4.98 Å². The molecule has 0 aliphatic rings. The van der Waals surface area contributed by atoms with Crippen LogP contribution in [0.15, 0.2) is 10.9 Å². The Morgan fingerprint density at radius 3 is 3.20 bits per heavy atom. The molecule has 0 saturated carbocycles. The van der Waals surface area contributed by atoms with Gasteiger partial charge < -0.3 is 15.0 Å². The van der Waals surface area contributed by atoms with Crippen molar-refractivity contribution in [2.75, 3.05) is 13.7 Å². The van der Waals surface area contributed by atoms with Crippen LogP contribution in [0.3, 0.4) is 0 Å². The molecular weight excluding hydrogens is 200 g/mol. The highest BCUT2D eigenvalue weighted by Gasteiger charge is 2.16. The Kier molecular flexibility index (Phi) is 2.70. The first-order valence-corrected chi connectivity index (χ1v) is 4.25. The topological polar surface area (TPSA) is 116 Å². The molecule has 0 aliphatic carbocycles. The lowest BCUT2D eigenvalue weighted by atomic mass is 10.3. The molecule has 2 aromatic heterocycles. The molecule has 0 saturated heterocycles. The van der Waals surface area contributed by atoms with Crippen LogP contribution in [0.2, 0.25) is 0 Å². The zero-order valence-corrected chi connectivity index (χ0v) is 8.04. The van der Waals surface area contributed by atoms with Gasteiger partial charge in [-0.05, 0) is 0 Å². The maximum Gasteiger partial charge on any atom is 0.246 e. The average molecular weight is 210 g/mol. The Labute approximate surface area is 84.8 Å². The van der Waals surface area contributed by atoms with Crippen molar-refractivity contribution in [2.45, 2.75) is 6.04 Å². The Bertz CT molecular complexity index is 411. The second-order valence-electron chi connectivity index (χ2n) is 2.85. The van der Waals surface area contributed by atoms with E-state index in [4.69, 9.17) is 15.0 Å². The summed E-state index contributed by atoms with van der Waals surface area (Å²) in [7, 11) is 1.55. The number of aromatic nitrogens is 5. The summed E-state index contributed by atoms with van der Waals surface area (Å²) in [5.41, 5.74) is 5.70. The Morgan fingerprint density at radius 1 is 1.67 bits per heavy atom. The molecule has 0 aromatic carbocycles. The average Bonchev–Trinajstić information content (AvgIpc) is 2.89. The summed E-state index contributed by atoms with van der Waals surface area (Å²) in [5.74, 6) is 1.08. The lowest BCUT2D eigenvalue weighted by Gasteiger charge is -2.02. The minimum Gasteiger partial charge on any atom is -0.383 e. The molecule has 1 unspecified atom stereocenters. The van der Waals surface area contributed by atoms with E-state index >= 15 is 0 Å². The third-order valence-corrected chi connectivity index (χ3v) is 1.73. The third-order valence-electron chi connectivity index (χ3n) is 1.73. The molecule has 0 aliphatic heterocycles. The van der Waals surface area contributed by atoms with Crippen LogP contribution in [0.5, 0.6) is 0 Å². The molecule has 80 valence electrons. The molecule has 8 heteroatoms. The van der Waals surface area contributed by atoms with Crippen molar-refractivity contribution in [3.05, 3.63) is 12.2 Å². The summed E-state index contributed by atoms with van der Waals surface area (Å²) >= 11 is 0. The zero-order chi connectivity index (χ0) is 10.7. The van der Waals surface area contributed by atoms with E-state index in [1.165, 1.54) is 6.33 Å². The molecule has 3 N–H and O–H groups in total. The van der Waals surface area contributed by atoms with Crippen molar-refractivity contribution >= 4 is 0 Å². The molecule has 1 atom stereocenters. The molecule has 2 heterocycles. The number of nitrogens with zero attached hydrogens (tertiary/aromatic N) is 4. The van der Waals surface area contributed by atoms with Crippen LogP contribution in [0.1, 0.15) is 11.9 Å². The van der Waals surface area contributed by atoms with Gasteiger partial charge in [-0.15, -0.1) is 0 Å².